The van der Waals surface area contributed by atoms with Crippen molar-refractivity contribution in [3.63, 3.8) is 0 Å². The molecule has 0 fully saturated rings. The summed E-state index contributed by atoms with van der Waals surface area (Å²) in [6, 6.07) is 8.00. The largest absolute Gasteiger partial charge is 0.381 e. The summed E-state index contributed by atoms with van der Waals surface area (Å²) in [4.78, 5) is 0. The first kappa shape index (κ1) is 12.8. The maximum Gasteiger partial charge on any atom is 0.163 e. The molecule has 2 rings (SSSR count). The van der Waals surface area contributed by atoms with E-state index in [2.05, 4.69) is 5.32 Å². The minimum atomic E-state index is -0.897. The van der Waals surface area contributed by atoms with Crippen LogP contribution in [0.15, 0.2) is 36.4 Å². The Morgan fingerprint density at radius 2 is 1.78 bits per heavy atom. The van der Waals surface area contributed by atoms with E-state index in [0.717, 1.165) is 6.07 Å². The number of halogens is 4. The second-order valence-electron chi connectivity index (χ2n) is 3.70. The Kier molecular flexibility index (Phi) is 3.77. The molecule has 0 spiro atoms. The van der Waals surface area contributed by atoms with Gasteiger partial charge in [-0.3, -0.25) is 0 Å². The molecule has 0 aromatic heterocycles. The third kappa shape index (κ3) is 2.76. The van der Waals surface area contributed by atoms with E-state index in [4.69, 9.17) is 11.6 Å². The Balaban J connectivity index is 2.11. The maximum atomic E-state index is 13.3. The highest BCUT2D eigenvalue weighted by Gasteiger charge is 2.07. The molecule has 0 aliphatic rings. The molecule has 1 N–H and O–H groups in total. The number of benzene rings is 2. The van der Waals surface area contributed by atoms with Crippen LogP contribution in [0.4, 0.5) is 18.9 Å². The Bertz CT molecular complexity index is 572. The van der Waals surface area contributed by atoms with E-state index in [-0.39, 0.29) is 17.1 Å². The zero-order valence-electron chi connectivity index (χ0n) is 9.18. The molecule has 0 aliphatic carbocycles. The van der Waals surface area contributed by atoms with Crippen molar-refractivity contribution in [3.8, 4) is 0 Å². The van der Waals surface area contributed by atoms with Crippen molar-refractivity contribution in [3.05, 3.63) is 64.4 Å². The van der Waals surface area contributed by atoms with Gasteiger partial charge in [-0.1, -0.05) is 23.7 Å². The summed E-state index contributed by atoms with van der Waals surface area (Å²) >= 11 is 5.60. The Hall–Kier alpha value is -1.68. The van der Waals surface area contributed by atoms with E-state index in [1.807, 2.05) is 0 Å². The van der Waals surface area contributed by atoms with Gasteiger partial charge in [0.05, 0.1) is 5.02 Å². The summed E-state index contributed by atoms with van der Waals surface area (Å²) < 4.78 is 39.2. The fraction of sp³-hybridized carbons (Fsp3) is 0.0769. The smallest absolute Gasteiger partial charge is 0.163 e. The van der Waals surface area contributed by atoms with Gasteiger partial charge in [0.15, 0.2) is 11.6 Å². The second kappa shape index (κ2) is 5.31. The standard InChI is InChI=1S/C13H9ClF3N/c14-10-6-9(4-5-11(10)15)18-7-8-2-1-3-12(16)13(8)17/h1-6,18H,7H2. The highest BCUT2D eigenvalue weighted by Crippen LogP contribution is 2.20. The van der Waals surface area contributed by atoms with Crippen LogP contribution in [0.25, 0.3) is 0 Å². The monoisotopic (exact) mass is 271 g/mol. The van der Waals surface area contributed by atoms with Crippen LogP contribution in [0.2, 0.25) is 5.02 Å². The fourth-order valence-corrected chi connectivity index (χ4v) is 1.67. The first-order chi connectivity index (χ1) is 8.58. The predicted molar refractivity (Wildman–Crippen MR) is 65.1 cm³/mol. The van der Waals surface area contributed by atoms with Gasteiger partial charge in [0.25, 0.3) is 0 Å². The Morgan fingerprint density at radius 3 is 2.50 bits per heavy atom. The SMILES string of the molecule is Fc1ccc(NCc2cccc(F)c2F)cc1Cl. The lowest BCUT2D eigenvalue weighted by Gasteiger charge is -2.08. The quantitative estimate of drug-likeness (QED) is 0.874. The van der Waals surface area contributed by atoms with E-state index >= 15 is 0 Å². The molecule has 0 saturated heterocycles. The lowest BCUT2D eigenvalue weighted by atomic mass is 10.2. The topological polar surface area (TPSA) is 12.0 Å². The molecular formula is C13H9ClF3N. The summed E-state index contributed by atoms with van der Waals surface area (Å²) in [6.07, 6.45) is 0. The van der Waals surface area contributed by atoms with Gasteiger partial charge in [-0.25, -0.2) is 13.2 Å². The van der Waals surface area contributed by atoms with Gasteiger partial charge in [-0.15, -0.1) is 0 Å². The highest BCUT2D eigenvalue weighted by atomic mass is 35.5. The van der Waals surface area contributed by atoms with Crippen LogP contribution in [-0.2, 0) is 6.54 Å². The normalized spacial score (nSPS) is 10.4. The number of rotatable bonds is 3. The number of hydrogen-bond acceptors (Lipinski definition) is 1. The zero-order chi connectivity index (χ0) is 13.1. The third-order valence-corrected chi connectivity index (χ3v) is 2.72. The number of anilines is 1. The number of nitrogens with one attached hydrogen (secondary N) is 1. The molecule has 2 aromatic carbocycles. The van der Waals surface area contributed by atoms with Gasteiger partial charge in [0.2, 0.25) is 0 Å². The molecule has 2 aromatic rings. The third-order valence-electron chi connectivity index (χ3n) is 2.43. The first-order valence-corrected chi connectivity index (χ1v) is 5.57. The van der Waals surface area contributed by atoms with E-state index in [0.29, 0.717) is 5.69 Å². The lowest BCUT2D eigenvalue weighted by molar-refractivity contribution is 0.500. The number of hydrogen-bond donors (Lipinski definition) is 1. The van der Waals surface area contributed by atoms with Crippen LogP contribution in [0, 0.1) is 17.5 Å². The molecule has 0 heterocycles. The fourth-order valence-electron chi connectivity index (χ4n) is 1.49. The minimum Gasteiger partial charge on any atom is -0.381 e. The van der Waals surface area contributed by atoms with Gasteiger partial charge in [0.1, 0.15) is 5.82 Å². The van der Waals surface area contributed by atoms with Crippen molar-refractivity contribution < 1.29 is 13.2 Å². The maximum absolute atomic E-state index is 13.3. The molecular weight excluding hydrogens is 263 g/mol. The van der Waals surface area contributed by atoms with Crippen LogP contribution in [0.3, 0.4) is 0 Å². The van der Waals surface area contributed by atoms with Gasteiger partial charge in [-0.2, -0.15) is 0 Å². The molecule has 0 atom stereocenters. The van der Waals surface area contributed by atoms with E-state index in [1.54, 1.807) is 0 Å². The summed E-state index contributed by atoms with van der Waals surface area (Å²) in [6.45, 7) is 0.0888. The molecule has 0 amide bonds. The van der Waals surface area contributed by atoms with Crippen molar-refractivity contribution in [1.82, 2.24) is 0 Å². The predicted octanol–water partition coefficient (Wildman–Crippen LogP) is 4.37. The molecule has 5 heteroatoms. The summed E-state index contributed by atoms with van der Waals surface area (Å²) in [5, 5.41) is 2.81. The van der Waals surface area contributed by atoms with Gasteiger partial charge < -0.3 is 5.32 Å². The average Bonchev–Trinajstić information content (AvgIpc) is 2.35. The molecule has 0 aliphatic heterocycles. The Morgan fingerprint density at radius 1 is 1.00 bits per heavy atom. The van der Waals surface area contributed by atoms with Gasteiger partial charge in [-0.05, 0) is 24.3 Å². The van der Waals surface area contributed by atoms with Gasteiger partial charge >= 0.3 is 0 Å². The molecule has 18 heavy (non-hydrogen) atoms. The second-order valence-corrected chi connectivity index (χ2v) is 4.10. The van der Waals surface area contributed by atoms with Crippen LogP contribution in [0.5, 0.6) is 0 Å². The summed E-state index contributed by atoms with van der Waals surface area (Å²) in [5.41, 5.74) is 0.723. The molecule has 0 unspecified atom stereocenters. The average molecular weight is 272 g/mol. The van der Waals surface area contributed by atoms with E-state index in [9.17, 15) is 13.2 Å². The van der Waals surface area contributed by atoms with Crippen molar-refractivity contribution in [1.29, 1.82) is 0 Å². The van der Waals surface area contributed by atoms with Crippen LogP contribution in [-0.4, -0.2) is 0 Å². The molecule has 0 saturated carbocycles. The first-order valence-electron chi connectivity index (χ1n) is 5.20. The Labute approximate surface area is 107 Å². The molecule has 94 valence electrons. The molecule has 1 nitrogen and oxygen atoms in total. The van der Waals surface area contributed by atoms with Crippen LogP contribution in [0.1, 0.15) is 5.56 Å². The molecule has 0 bridgehead atoms. The zero-order valence-corrected chi connectivity index (χ0v) is 9.94. The van der Waals surface area contributed by atoms with Crippen molar-refractivity contribution in [2.75, 3.05) is 5.32 Å². The van der Waals surface area contributed by atoms with Crippen molar-refractivity contribution in [2.45, 2.75) is 6.54 Å². The van der Waals surface area contributed by atoms with Crippen LogP contribution < -0.4 is 5.32 Å². The molecule has 0 radical (unpaired) electrons. The lowest BCUT2D eigenvalue weighted by Crippen LogP contribution is -2.03. The van der Waals surface area contributed by atoms with E-state index in [1.165, 1.54) is 30.3 Å². The minimum absolute atomic E-state index is 0.0280. The van der Waals surface area contributed by atoms with Crippen molar-refractivity contribution in [2.24, 2.45) is 0 Å². The van der Waals surface area contributed by atoms with Crippen LogP contribution >= 0.6 is 11.6 Å². The summed E-state index contributed by atoms with van der Waals surface area (Å²) in [5.74, 6) is -2.32. The van der Waals surface area contributed by atoms with Gasteiger partial charge in [0, 0.05) is 17.8 Å². The van der Waals surface area contributed by atoms with Crippen molar-refractivity contribution >= 4 is 17.3 Å². The van der Waals surface area contributed by atoms with E-state index < -0.39 is 17.5 Å². The highest BCUT2D eigenvalue weighted by molar-refractivity contribution is 6.31. The summed E-state index contributed by atoms with van der Waals surface area (Å²) in [7, 11) is 0.